The first-order chi connectivity index (χ1) is 8.65. The third-order valence-corrected chi connectivity index (χ3v) is 3.61. The van der Waals surface area contributed by atoms with Crippen molar-refractivity contribution in [2.75, 3.05) is 14.2 Å². The molecule has 94 valence electrons. The van der Waals surface area contributed by atoms with Gasteiger partial charge in [0.25, 0.3) is 0 Å². The van der Waals surface area contributed by atoms with E-state index in [0.717, 1.165) is 5.56 Å². The van der Waals surface area contributed by atoms with Crippen molar-refractivity contribution in [3.8, 4) is 16.3 Å². The largest absolute Gasteiger partial charge is 0.495 e. The summed E-state index contributed by atoms with van der Waals surface area (Å²) in [6.07, 6.45) is 1.49. The summed E-state index contributed by atoms with van der Waals surface area (Å²) in [5.74, 6) is 0.212. The van der Waals surface area contributed by atoms with E-state index in [9.17, 15) is 4.79 Å². The number of rotatable bonds is 3. The molecule has 1 aromatic heterocycles. The molecule has 0 amide bonds. The van der Waals surface area contributed by atoms with E-state index in [4.69, 9.17) is 16.3 Å². The Bertz CT molecular complexity index is 582. The first kappa shape index (κ1) is 12.9. The van der Waals surface area contributed by atoms with E-state index in [2.05, 4.69) is 9.72 Å². The number of halogens is 1. The zero-order chi connectivity index (χ0) is 13.1. The van der Waals surface area contributed by atoms with Crippen molar-refractivity contribution in [1.29, 1.82) is 0 Å². The first-order valence-electron chi connectivity index (χ1n) is 5.03. The number of thiazole rings is 1. The number of hydrogen-bond acceptors (Lipinski definition) is 5. The Labute approximate surface area is 113 Å². The first-order valence-corrected chi connectivity index (χ1v) is 6.23. The Morgan fingerprint density at radius 1 is 1.39 bits per heavy atom. The number of carbonyl (C=O) groups is 1. The molecule has 4 nitrogen and oxygen atoms in total. The van der Waals surface area contributed by atoms with Gasteiger partial charge in [0.1, 0.15) is 15.6 Å². The number of aromatic nitrogens is 1. The monoisotopic (exact) mass is 283 g/mol. The van der Waals surface area contributed by atoms with Crippen LogP contribution in [0.4, 0.5) is 0 Å². The molecule has 2 rings (SSSR count). The Balaban J connectivity index is 2.34. The number of esters is 1. The predicted molar refractivity (Wildman–Crippen MR) is 70.5 cm³/mol. The van der Waals surface area contributed by atoms with Gasteiger partial charge in [-0.05, 0) is 18.2 Å². The standard InChI is InChI=1S/C12H10ClNO3S/c1-16-9-4-3-7(5-8(9)13)11-14-6-10(18-11)12(15)17-2/h3-6H,1-2H3. The van der Waals surface area contributed by atoms with Gasteiger partial charge in [-0.3, -0.25) is 0 Å². The molecule has 0 aliphatic rings. The van der Waals surface area contributed by atoms with Crippen molar-refractivity contribution in [2.45, 2.75) is 0 Å². The van der Waals surface area contributed by atoms with E-state index >= 15 is 0 Å². The number of carbonyl (C=O) groups excluding carboxylic acids is 1. The number of ether oxygens (including phenoxy) is 2. The van der Waals surface area contributed by atoms with Gasteiger partial charge in [-0.15, -0.1) is 11.3 Å². The maximum absolute atomic E-state index is 11.3. The summed E-state index contributed by atoms with van der Waals surface area (Å²) >= 11 is 7.29. The molecular formula is C12H10ClNO3S. The van der Waals surface area contributed by atoms with Gasteiger partial charge in [-0.25, -0.2) is 9.78 Å². The Kier molecular flexibility index (Phi) is 3.84. The SMILES string of the molecule is COC(=O)c1cnc(-c2ccc(OC)c(Cl)c2)s1. The molecular weight excluding hydrogens is 274 g/mol. The maximum atomic E-state index is 11.3. The molecule has 0 saturated heterocycles. The molecule has 0 bridgehead atoms. The summed E-state index contributed by atoms with van der Waals surface area (Å²) in [6.45, 7) is 0. The van der Waals surface area contributed by atoms with Crippen molar-refractivity contribution in [2.24, 2.45) is 0 Å². The third kappa shape index (κ3) is 2.47. The average molecular weight is 284 g/mol. The number of benzene rings is 1. The summed E-state index contributed by atoms with van der Waals surface area (Å²) in [5.41, 5.74) is 0.834. The molecule has 0 aliphatic carbocycles. The van der Waals surface area contributed by atoms with E-state index < -0.39 is 5.97 Å². The third-order valence-electron chi connectivity index (χ3n) is 2.29. The van der Waals surface area contributed by atoms with Gasteiger partial charge < -0.3 is 9.47 Å². The highest BCUT2D eigenvalue weighted by molar-refractivity contribution is 7.16. The van der Waals surface area contributed by atoms with E-state index in [0.29, 0.717) is 20.7 Å². The lowest BCUT2D eigenvalue weighted by Gasteiger charge is -2.03. The number of nitrogens with zero attached hydrogens (tertiary/aromatic N) is 1. The van der Waals surface area contributed by atoms with Gasteiger partial charge in [-0.1, -0.05) is 11.6 Å². The summed E-state index contributed by atoms with van der Waals surface area (Å²) in [5, 5.41) is 1.21. The smallest absolute Gasteiger partial charge is 0.349 e. The van der Waals surface area contributed by atoms with Crippen molar-refractivity contribution in [1.82, 2.24) is 4.98 Å². The number of hydrogen-bond donors (Lipinski definition) is 0. The van der Waals surface area contributed by atoms with Gasteiger partial charge in [0.2, 0.25) is 0 Å². The lowest BCUT2D eigenvalue weighted by atomic mass is 10.2. The van der Waals surface area contributed by atoms with Gasteiger partial charge in [0.15, 0.2) is 0 Å². The van der Waals surface area contributed by atoms with Gasteiger partial charge in [0, 0.05) is 5.56 Å². The molecule has 18 heavy (non-hydrogen) atoms. The van der Waals surface area contributed by atoms with E-state index in [1.807, 2.05) is 6.07 Å². The molecule has 0 fully saturated rings. The molecule has 0 N–H and O–H groups in total. The van der Waals surface area contributed by atoms with Crippen LogP contribution in [-0.2, 0) is 4.74 Å². The topological polar surface area (TPSA) is 48.4 Å². The van der Waals surface area contributed by atoms with Crippen molar-refractivity contribution in [3.63, 3.8) is 0 Å². The highest BCUT2D eigenvalue weighted by Crippen LogP contribution is 2.32. The number of methoxy groups -OCH3 is 2. The fourth-order valence-electron chi connectivity index (χ4n) is 1.40. The van der Waals surface area contributed by atoms with Crippen molar-refractivity contribution in [3.05, 3.63) is 34.3 Å². The lowest BCUT2D eigenvalue weighted by Crippen LogP contribution is -1.96. The molecule has 1 aromatic carbocycles. The van der Waals surface area contributed by atoms with Gasteiger partial charge in [0.05, 0.1) is 25.4 Å². The zero-order valence-corrected chi connectivity index (χ0v) is 11.3. The second kappa shape index (κ2) is 5.37. The minimum absolute atomic E-state index is 0.390. The Morgan fingerprint density at radius 2 is 2.17 bits per heavy atom. The van der Waals surface area contributed by atoms with E-state index in [-0.39, 0.29) is 0 Å². The van der Waals surface area contributed by atoms with Crippen LogP contribution in [-0.4, -0.2) is 25.2 Å². The van der Waals surface area contributed by atoms with Gasteiger partial charge in [-0.2, -0.15) is 0 Å². The molecule has 2 aromatic rings. The van der Waals surface area contributed by atoms with Crippen molar-refractivity contribution >= 4 is 28.9 Å². The normalized spacial score (nSPS) is 10.2. The highest BCUT2D eigenvalue weighted by atomic mass is 35.5. The minimum atomic E-state index is -0.390. The van der Waals surface area contributed by atoms with Crippen LogP contribution in [0.15, 0.2) is 24.4 Å². The summed E-state index contributed by atoms with van der Waals surface area (Å²) in [4.78, 5) is 16.0. The molecule has 0 spiro atoms. The maximum Gasteiger partial charge on any atom is 0.349 e. The van der Waals surface area contributed by atoms with Crippen LogP contribution in [0, 0.1) is 0 Å². The van der Waals surface area contributed by atoms with Crippen LogP contribution in [0.2, 0.25) is 5.02 Å². The summed E-state index contributed by atoms with van der Waals surface area (Å²) < 4.78 is 9.70. The van der Waals surface area contributed by atoms with Crippen LogP contribution in [0.3, 0.4) is 0 Å². The molecule has 0 saturated carbocycles. The summed E-state index contributed by atoms with van der Waals surface area (Å²) in [6, 6.07) is 5.35. The molecule has 1 heterocycles. The molecule has 0 radical (unpaired) electrons. The highest BCUT2D eigenvalue weighted by Gasteiger charge is 2.12. The fourth-order valence-corrected chi connectivity index (χ4v) is 2.49. The second-order valence-corrected chi connectivity index (χ2v) is 4.81. The Morgan fingerprint density at radius 3 is 2.78 bits per heavy atom. The van der Waals surface area contributed by atoms with Crippen LogP contribution >= 0.6 is 22.9 Å². The zero-order valence-electron chi connectivity index (χ0n) is 9.77. The van der Waals surface area contributed by atoms with Crippen LogP contribution in [0.5, 0.6) is 5.75 Å². The second-order valence-electron chi connectivity index (χ2n) is 3.37. The van der Waals surface area contributed by atoms with E-state index in [1.165, 1.54) is 24.6 Å². The van der Waals surface area contributed by atoms with Crippen LogP contribution in [0.25, 0.3) is 10.6 Å². The summed E-state index contributed by atoms with van der Waals surface area (Å²) in [7, 11) is 2.89. The van der Waals surface area contributed by atoms with Crippen molar-refractivity contribution < 1.29 is 14.3 Å². The minimum Gasteiger partial charge on any atom is -0.495 e. The van der Waals surface area contributed by atoms with Crippen LogP contribution in [0.1, 0.15) is 9.67 Å². The van der Waals surface area contributed by atoms with E-state index in [1.54, 1.807) is 19.2 Å². The molecule has 0 unspecified atom stereocenters. The lowest BCUT2D eigenvalue weighted by molar-refractivity contribution is 0.0606. The quantitative estimate of drug-likeness (QED) is 0.811. The molecule has 0 atom stereocenters. The molecule has 0 aliphatic heterocycles. The Hall–Kier alpha value is -1.59. The predicted octanol–water partition coefficient (Wildman–Crippen LogP) is 3.26. The molecule has 6 heteroatoms. The van der Waals surface area contributed by atoms with Crippen LogP contribution < -0.4 is 4.74 Å². The fraction of sp³-hybridized carbons (Fsp3) is 0.167. The van der Waals surface area contributed by atoms with Gasteiger partial charge >= 0.3 is 5.97 Å². The average Bonchev–Trinajstić information content (AvgIpc) is 2.87.